The van der Waals surface area contributed by atoms with Crippen molar-refractivity contribution in [2.24, 2.45) is 11.8 Å². The zero-order chi connectivity index (χ0) is 24.2. The number of carbonyl (C=O) groups excluding carboxylic acids is 4. The average molecular weight is 479 g/mol. The highest BCUT2D eigenvalue weighted by molar-refractivity contribution is 7.98. The molecule has 9 heteroatoms. The van der Waals surface area contributed by atoms with Crippen LogP contribution in [0.2, 0.25) is 0 Å². The molecule has 34 heavy (non-hydrogen) atoms. The van der Waals surface area contributed by atoms with Gasteiger partial charge in [0.25, 0.3) is 5.91 Å². The van der Waals surface area contributed by atoms with Gasteiger partial charge in [-0.15, -0.1) is 0 Å². The molecular weight excluding hydrogens is 452 g/mol. The zero-order valence-corrected chi connectivity index (χ0v) is 20.0. The van der Waals surface area contributed by atoms with Gasteiger partial charge < -0.3 is 10.2 Å². The summed E-state index contributed by atoms with van der Waals surface area (Å²) in [5.41, 5.74) is 1.24. The maximum Gasteiger partial charge on any atom is 0.252 e. The number of fused-ring (bicyclic) bond motifs is 4. The molecule has 0 saturated carbocycles. The molecule has 0 unspecified atom stereocenters. The lowest BCUT2D eigenvalue weighted by Crippen LogP contribution is -2.54. The summed E-state index contributed by atoms with van der Waals surface area (Å²) in [6.45, 7) is 1.41. The van der Waals surface area contributed by atoms with Gasteiger partial charge in [0, 0.05) is 37.0 Å². The number of imide groups is 1. The summed E-state index contributed by atoms with van der Waals surface area (Å²) in [6.07, 6.45) is 2.66. The molecule has 2 saturated heterocycles. The van der Waals surface area contributed by atoms with E-state index >= 15 is 0 Å². The first-order valence-electron chi connectivity index (χ1n) is 11.2. The van der Waals surface area contributed by atoms with Crippen LogP contribution in [0.3, 0.4) is 0 Å². The molecule has 0 aliphatic carbocycles. The second-order valence-electron chi connectivity index (χ2n) is 8.97. The molecule has 176 valence electrons. The van der Waals surface area contributed by atoms with Crippen molar-refractivity contribution in [2.75, 3.05) is 34.2 Å². The van der Waals surface area contributed by atoms with E-state index in [1.165, 1.54) is 11.8 Å². The normalized spacial score (nSPS) is 27.5. The Morgan fingerprint density at radius 3 is 2.47 bits per heavy atom. The molecule has 5 rings (SSSR count). The highest BCUT2D eigenvalue weighted by Gasteiger charge is 2.71. The molecule has 3 heterocycles. The Balaban J connectivity index is 1.59. The number of nitrogens with zero attached hydrogens (tertiary/aromatic N) is 2. The molecular formula is C25H26N4O4S. The van der Waals surface area contributed by atoms with Crippen LogP contribution in [0.25, 0.3) is 0 Å². The summed E-state index contributed by atoms with van der Waals surface area (Å²) in [4.78, 5) is 55.5. The Labute approximate surface area is 202 Å². The Morgan fingerprint density at radius 2 is 1.79 bits per heavy atom. The maximum absolute atomic E-state index is 13.9. The Kier molecular flexibility index (Phi) is 5.49. The summed E-state index contributed by atoms with van der Waals surface area (Å²) in [7, 11) is 1.71. The van der Waals surface area contributed by atoms with Crippen LogP contribution in [0, 0.1) is 11.8 Å². The van der Waals surface area contributed by atoms with Gasteiger partial charge in [0.1, 0.15) is 5.54 Å². The van der Waals surface area contributed by atoms with Crippen LogP contribution < -0.4 is 20.4 Å². The highest BCUT2D eigenvalue weighted by Crippen LogP contribution is 2.55. The van der Waals surface area contributed by atoms with E-state index in [1.807, 2.05) is 30.5 Å². The predicted octanol–water partition coefficient (Wildman–Crippen LogP) is 2.35. The molecule has 1 spiro atoms. The second kappa shape index (κ2) is 8.25. The van der Waals surface area contributed by atoms with Crippen molar-refractivity contribution in [3.05, 3.63) is 54.1 Å². The first-order valence-corrected chi connectivity index (χ1v) is 12.6. The van der Waals surface area contributed by atoms with Crippen LogP contribution in [0.4, 0.5) is 17.1 Å². The van der Waals surface area contributed by atoms with Crippen molar-refractivity contribution >= 4 is 52.5 Å². The lowest BCUT2D eigenvalue weighted by molar-refractivity contribution is -0.131. The number of likely N-dealkylation sites (N-methyl/N-ethyl adjacent to an activating group) is 1. The number of thioether (sulfide) groups is 1. The minimum atomic E-state index is -1.27. The number of hydrogen-bond acceptors (Lipinski definition) is 6. The topological polar surface area (TPSA) is 98.8 Å². The molecule has 2 aromatic rings. The zero-order valence-electron chi connectivity index (χ0n) is 19.2. The maximum atomic E-state index is 13.9. The van der Waals surface area contributed by atoms with Gasteiger partial charge in [-0.3, -0.25) is 24.5 Å². The van der Waals surface area contributed by atoms with Gasteiger partial charge in [-0.2, -0.15) is 11.8 Å². The van der Waals surface area contributed by atoms with Gasteiger partial charge in [-0.1, -0.05) is 18.2 Å². The number of nitrogens with one attached hydrogen (secondary N) is 2. The third-order valence-electron chi connectivity index (χ3n) is 7.08. The van der Waals surface area contributed by atoms with Crippen LogP contribution in [-0.4, -0.2) is 48.7 Å². The number of benzene rings is 2. The van der Waals surface area contributed by atoms with E-state index < -0.39 is 17.4 Å². The quantitative estimate of drug-likeness (QED) is 0.640. The summed E-state index contributed by atoms with van der Waals surface area (Å²) in [5, 5.41) is 6.17. The Hall–Kier alpha value is -3.17. The van der Waals surface area contributed by atoms with Crippen molar-refractivity contribution in [2.45, 2.75) is 24.9 Å². The molecule has 2 fully saturated rings. The van der Waals surface area contributed by atoms with Gasteiger partial charge in [-0.05, 0) is 48.8 Å². The van der Waals surface area contributed by atoms with E-state index in [-0.39, 0.29) is 29.7 Å². The largest absolute Gasteiger partial charge is 0.326 e. The highest BCUT2D eigenvalue weighted by atomic mass is 32.2. The standard InChI is InChI=1S/C25H26N4O4S/c1-14(30)26-15-8-10-16(11-9-15)29-22(31)20-18(12-13-34-3)27-25(21(20)23(29)32)17-6-4-5-7-19(17)28(2)24(25)33/h4-11,18,20-21,27H,12-13H2,1-3H3,(H,26,30)/t18-,20-,21-,25+/m0/s1. The molecule has 0 aromatic heterocycles. The fraction of sp³-hybridized carbons (Fsp3) is 0.360. The summed E-state index contributed by atoms with van der Waals surface area (Å²) < 4.78 is 0. The fourth-order valence-corrected chi connectivity index (χ4v) is 6.19. The molecule has 0 bridgehead atoms. The van der Waals surface area contributed by atoms with Crippen molar-refractivity contribution in [1.29, 1.82) is 0 Å². The first kappa shape index (κ1) is 22.6. The minimum Gasteiger partial charge on any atom is -0.326 e. The molecule has 4 atom stereocenters. The molecule has 2 aromatic carbocycles. The predicted molar refractivity (Wildman–Crippen MR) is 132 cm³/mol. The molecule has 3 aliphatic rings. The van der Waals surface area contributed by atoms with E-state index in [1.54, 1.807) is 48.0 Å². The van der Waals surface area contributed by atoms with E-state index in [0.717, 1.165) is 17.0 Å². The van der Waals surface area contributed by atoms with E-state index in [9.17, 15) is 19.2 Å². The fourth-order valence-electron chi connectivity index (χ4n) is 5.70. The van der Waals surface area contributed by atoms with Crippen molar-refractivity contribution in [1.82, 2.24) is 5.32 Å². The lowest BCUT2D eigenvalue weighted by atomic mass is 9.76. The van der Waals surface area contributed by atoms with Crippen LogP contribution >= 0.6 is 11.8 Å². The Bertz CT molecular complexity index is 1200. The molecule has 4 amide bonds. The smallest absolute Gasteiger partial charge is 0.252 e. The van der Waals surface area contributed by atoms with Gasteiger partial charge in [-0.25, -0.2) is 4.90 Å². The summed E-state index contributed by atoms with van der Waals surface area (Å²) in [5.74, 6) is -1.76. The van der Waals surface area contributed by atoms with Gasteiger partial charge in [0.15, 0.2) is 0 Å². The van der Waals surface area contributed by atoms with Crippen molar-refractivity contribution in [3.8, 4) is 0 Å². The van der Waals surface area contributed by atoms with E-state index in [4.69, 9.17) is 0 Å². The molecule has 3 aliphatic heterocycles. The van der Waals surface area contributed by atoms with Crippen LogP contribution in [0.15, 0.2) is 48.5 Å². The number of anilines is 3. The van der Waals surface area contributed by atoms with Crippen LogP contribution in [-0.2, 0) is 24.7 Å². The second-order valence-corrected chi connectivity index (χ2v) is 9.95. The third-order valence-corrected chi connectivity index (χ3v) is 7.72. The monoisotopic (exact) mass is 478 g/mol. The number of carbonyl (C=O) groups is 4. The number of hydrogen-bond donors (Lipinski definition) is 2. The first-order chi connectivity index (χ1) is 16.3. The average Bonchev–Trinajstić information content (AvgIpc) is 3.38. The summed E-state index contributed by atoms with van der Waals surface area (Å²) >= 11 is 1.67. The van der Waals surface area contributed by atoms with Crippen molar-refractivity contribution < 1.29 is 19.2 Å². The summed E-state index contributed by atoms with van der Waals surface area (Å²) in [6, 6.07) is 13.8. The third kappa shape index (κ3) is 3.10. The van der Waals surface area contributed by atoms with Crippen LogP contribution in [0.1, 0.15) is 18.9 Å². The number of rotatable bonds is 5. The molecule has 8 nitrogen and oxygen atoms in total. The number of amides is 4. The van der Waals surface area contributed by atoms with E-state index in [0.29, 0.717) is 17.8 Å². The van der Waals surface area contributed by atoms with Crippen LogP contribution in [0.5, 0.6) is 0 Å². The van der Waals surface area contributed by atoms with Gasteiger partial charge in [0.05, 0.1) is 17.5 Å². The SMILES string of the molecule is CSCC[C@@H]1N[C@@]2(C(=O)N(C)c3ccccc32)[C@@H]2C(=O)N(c3ccc(NC(C)=O)cc3)C(=O)[C@@H]12. The molecule has 0 radical (unpaired) electrons. The minimum absolute atomic E-state index is 0.206. The van der Waals surface area contributed by atoms with Gasteiger partial charge in [0.2, 0.25) is 17.7 Å². The lowest BCUT2D eigenvalue weighted by Gasteiger charge is -2.30. The van der Waals surface area contributed by atoms with Crippen molar-refractivity contribution in [3.63, 3.8) is 0 Å². The Morgan fingerprint density at radius 1 is 1.09 bits per heavy atom. The van der Waals surface area contributed by atoms with E-state index in [2.05, 4.69) is 10.6 Å². The number of para-hydroxylation sites is 1. The van der Waals surface area contributed by atoms with Gasteiger partial charge >= 0.3 is 0 Å². The molecule has 2 N–H and O–H groups in total.